The summed E-state index contributed by atoms with van der Waals surface area (Å²) in [6.45, 7) is 2.32. The molecule has 27 heavy (non-hydrogen) atoms. The van der Waals surface area contributed by atoms with E-state index < -0.39 is 0 Å². The lowest BCUT2D eigenvalue weighted by atomic mass is 9.89. The Bertz CT molecular complexity index is 1130. The zero-order valence-corrected chi connectivity index (χ0v) is 16.3. The van der Waals surface area contributed by atoms with Crippen molar-refractivity contribution in [2.24, 2.45) is 5.92 Å². The third-order valence-corrected chi connectivity index (χ3v) is 7.18. The minimum atomic E-state index is -0.0680. The van der Waals surface area contributed by atoms with Crippen LogP contribution in [0.3, 0.4) is 0 Å². The highest BCUT2D eigenvalue weighted by Gasteiger charge is 2.23. The molecule has 2 heterocycles. The summed E-state index contributed by atoms with van der Waals surface area (Å²) in [5.41, 5.74) is 4.43. The first-order valence-corrected chi connectivity index (χ1v) is 10.6. The van der Waals surface area contributed by atoms with Gasteiger partial charge < -0.3 is 0 Å². The fourth-order valence-electron chi connectivity index (χ4n) is 4.47. The number of carbonyl (C=O) groups is 1. The van der Waals surface area contributed by atoms with E-state index in [1.807, 2.05) is 12.1 Å². The fourth-order valence-corrected chi connectivity index (χ4v) is 5.81. The van der Waals surface area contributed by atoms with Crippen molar-refractivity contribution in [1.82, 2.24) is 9.55 Å². The van der Waals surface area contributed by atoms with Gasteiger partial charge in [0.25, 0.3) is 5.56 Å². The SMILES string of the molecule is CC1CCc2c(sc3ncn(CC(=O)c4ccc5c(c4)CCC5)c(=O)c23)C1. The van der Waals surface area contributed by atoms with Crippen molar-refractivity contribution in [2.75, 3.05) is 0 Å². The predicted molar refractivity (Wildman–Crippen MR) is 108 cm³/mol. The van der Waals surface area contributed by atoms with Crippen LogP contribution in [-0.4, -0.2) is 15.3 Å². The molecule has 0 fully saturated rings. The second-order valence-electron chi connectivity index (χ2n) is 7.97. The maximum Gasteiger partial charge on any atom is 0.262 e. The van der Waals surface area contributed by atoms with E-state index in [0.29, 0.717) is 11.5 Å². The summed E-state index contributed by atoms with van der Waals surface area (Å²) in [7, 11) is 0. The Balaban J connectivity index is 1.49. The van der Waals surface area contributed by atoms with Crippen molar-refractivity contribution >= 4 is 27.3 Å². The van der Waals surface area contributed by atoms with Gasteiger partial charge in [0.05, 0.1) is 18.3 Å². The average molecular weight is 378 g/mol. The molecule has 4 nitrogen and oxygen atoms in total. The molecule has 0 N–H and O–H groups in total. The largest absolute Gasteiger partial charge is 0.292 e. The number of aryl methyl sites for hydroxylation is 3. The first kappa shape index (κ1) is 16.9. The molecule has 138 valence electrons. The first-order valence-electron chi connectivity index (χ1n) is 9.75. The highest BCUT2D eigenvalue weighted by atomic mass is 32.1. The van der Waals surface area contributed by atoms with Crippen molar-refractivity contribution in [2.45, 2.75) is 52.0 Å². The summed E-state index contributed by atoms with van der Waals surface area (Å²) in [6.07, 6.45) is 7.94. The number of thiophene rings is 1. The van der Waals surface area contributed by atoms with Crippen molar-refractivity contribution in [3.63, 3.8) is 0 Å². The number of ketones is 1. The second-order valence-corrected chi connectivity index (χ2v) is 9.05. The van der Waals surface area contributed by atoms with Crippen LogP contribution in [0, 0.1) is 5.92 Å². The summed E-state index contributed by atoms with van der Waals surface area (Å²) in [5.74, 6) is 0.639. The van der Waals surface area contributed by atoms with Gasteiger partial charge in [0.2, 0.25) is 0 Å². The van der Waals surface area contributed by atoms with E-state index in [9.17, 15) is 9.59 Å². The van der Waals surface area contributed by atoms with Crippen molar-refractivity contribution < 1.29 is 4.79 Å². The quantitative estimate of drug-likeness (QED) is 0.649. The maximum absolute atomic E-state index is 13.1. The fraction of sp³-hybridized carbons (Fsp3) is 0.409. The molecule has 0 saturated carbocycles. The molecule has 1 atom stereocenters. The number of aromatic nitrogens is 2. The van der Waals surface area contributed by atoms with Gasteiger partial charge in [-0.1, -0.05) is 19.1 Å². The van der Waals surface area contributed by atoms with E-state index in [1.165, 1.54) is 26.1 Å². The molecule has 0 saturated heterocycles. The van der Waals surface area contributed by atoms with Gasteiger partial charge in [-0.3, -0.25) is 14.2 Å². The molecule has 0 radical (unpaired) electrons. The normalized spacial score (nSPS) is 18.5. The number of carbonyl (C=O) groups excluding carboxylic acids is 1. The highest BCUT2D eigenvalue weighted by Crippen LogP contribution is 2.35. The topological polar surface area (TPSA) is 52.0 Å². The second kappa shape index (κ2) is 6.41. The average Bonchev–Trinajstić information content (AvgIpc) is 3.27. The van der Waals surface area contributed by atoms with Gasteiger partial charge in [-0.2, -0.15) is 0 Å². The van der Waals surface area contributed by atoms with Gasteiger partial charge in [0.1, 0.15) is 4.83 Å². The number of fused-ring (bicyclic) bond motifs is 4. The van der Waals surface area contributed by atoms with E-state index >= 15 is 0 Å². The van der Waals surface area contributed by atoms with Crippen LogP contribution < -0.4 is 5.56 Å². The Labute approximate surface area is 161 Å². The van der Waals surface area contributed by atoms with Crippen LogP contribution in [0.1, 0.15) is 51.7 Å². The molecular weight excluding hydrogens is 356 g/mol. The number of nitrogens with zero attached hydrogens (tertiary/aromatic N) is 2. The Morgan fingerprint density at radius 2 is 2.11 bits per heavy atom. The first-order chi connectivity index (χ1) is 13.1. The summed E-state index contributed by atoms with van der Waals surface area (Å²) < 4.78 is 1.49. The molecule has 3 aromatic rings. The number of hydrogen-bond donors (Lipinski definition) is 0. The molecule has 5 rings (SSSR count). The van der Waals surface area contributed by atoms with Crippen molar-refractivity contribution in [3.05, 3.63) is 62.0 Å². The van der Waals surface area contributed by atoms with Crippen LogP contribution in [0.5, 0.6) is 0 Å². The Kier molecular flexibility index (Phi) is 4.01. The predicted octanol–water partition coefficient (Wildman–Crippen LogP) is 3.95. The molecule has 2 aliphatic rings. The summed E-state index contributed by atoms with van der Waals surface area (Å²) in [6, 6.07) is 5.98. The van der Waals surface area contributed by atoms with Crippen LogP contribution in [0.15, 0.2) is 29.3 Å². The van der Waals surface area contributed by atoms with Gasteiger partial charge in [0.15, 0.2) is 5.78 Å². The lowest BCUT2D eigenvalue weighted by Crippen LogP contribution is -2.25. The molecule has 5 heteroatoms. The molecule has 2 aromatic heterocycles. The molecular formula is C22H22N2O2S. The third kappa shape index (κ3) is 2.85. The van der Waals surface area contributed by atoms with Crippen LogP contribution in [0.2, 0.25) is 0 Å². The van der Waals surface area contributed by atoms with Gasteiger partial charge >= 0.3 is 0 Å². The maximum atomic E-state index is 13.1. The van der Waals surface area contributed by atoms with Gasteiger partial charge in [0, 0.05) is 10.4 Å². The van der Waals surface area contributed by atoms with E-state index in [0.717, 1.165) is 48.7 Å². The number of Topliss-reactive ketones (excluding diaryl/α,β-unsaturated/α-hetero) is 1. The Morgan fingerprint density at radius 3 is 3.00 bits per heavy atom. The lowest BCUT2D eigenvalue weighted by Gasteiger charge is -2.17. The van der Waals surface area contributed by atoms with Gasteiger partial charge in [-0.25, -0.2) is 4.98 Å². The van der Waals surface area contributed by atoms with E-state index in [1.54, 1.807) is 17.7 Å². The van der Waals surface area contributed by atoms with Crippen molar-refractivity contribution in [1.29, 1.82) is 0 Å². The summed E-state index contributed by atoms with van der Waals surface area (Å²) in [4.78, 5) is 32.5. The standard InChI is InChI=1S/C22H22N2O2S/c1-13-5-8-17-19(9-13)27-21-20(17)22(26)24(12-23-21)11-18(25)16-7-6-14-3-2-4-15(14)10-16/h6-7,10,12-13H,2-5,8-9,11H2,1H3. The number of rotatable bonds is 3. The van der Waals surface area contributed by atoms with E-state index in [2.05, 4.69) is 18.0 Å². The lowest BCUT2D eigenvalue weighted by molar-refractivity contribution is 0.0970. The minimum absolute atomic E-state index is 0.0225. The van der Waals surface area contributed by atoms with Crippen LogP contribution >= 0.6 is 11.3 Å². The van der Waals surface area contributed by atoms with E-state index in [4.69, 9.17) is 0 Å². The molecule has 0 amide bonds. The Morgan fingerprint density at radius 1 is 1.26 bits per heavy atom. The number of hydrogen-bond acceptors (Lipinski definition) is 4. The summed E-state index contributed by atoms with van der Waals surface area (Å²) >= 11 is 1.65. The molecule has 2 aliphatic carbocycles. The molecule has 0 aliphatic heterocycles. The zero-order chi connectivity index (χ0) is 18.5. The Hall–Kier alpha value is -2.27. The van der Waals surface area contributed by atoms with E-state index in [-0.39, 0.29) is 17.9 Å². The number of benzene rings is 1. The molecule has 1 aromatic carbocycles. The third-order valence-electron chi connectivity index (χ3n) is 6.02. The molecule has 0 spiro atoms. The zero-order valence-electron chi connectivity index (χ0n) is 15.5. The molecule has 0 bridgehead atoms. The van der Waals surface area contributed by atoms with Gasteiger partial charge in [-0.05, 0) is 67.2 Å². The smallest absolute Gasteiger partial charge is 0.262 e. The van der Waals surface area contributed by atoms with Crippen LogP contribution in [0.25, 0.3) is 10.2 Å². The van der Waals surface area contributed by atoms with Crippen LogP contribution in [-0.2, 0) is 32.2 Å². The summed E-state index contributed by atoms with van der Waals surface area (Å²) in [5, 5.41) is 0.742. The monoisotopic (exact) mass is 378 g/mol. The minimum Gasteiger partial charge on any atom is -0.292 e. The van der Waals surface area contributed by atoms with Crippen LogP contribution in [0.4, 0.5) is 0 Å². The van der Waals surface area contributed by atoms with Gasteiger partial charge in [-0.15, -0.1) is 11.3 Å². The van der Waals surface area contributed by atoms with Crippen molar-refractivity contribution in [3.8, 4) is 0 Å². The molecule has 1 unspecified atom stereocenters. The highest BCUT2D eigenvalue weighted by molar-refractivity contribution is 7.18.